The van der Waals surface area contributed by atoms with Crippen LogP contribution in [0.3, 0.4) is 0 Å². The minimum atomic E-state index is -0.791. The minimum Gasteiger partial charge on any atom is -0.493 e. The fraction of sp³-hybridized carbons (Fsp3) is 0.294. The van der Waals surface area contributed by atoms with Crippen molar-refractivity contribution in [3.05, 3.63) is 109 Å². The molecule has 1 aliphatic rings. The van der Waals surface area contributed by atoms with Crippen molar-refractivity contribution < 1.29 is 28.2 Å². The molecule has 228 valence electrons. The van der Waals surface area contributed by atoms with Crippen LogP contribution in [0.4, 0.5) is 0 Å². The summed E-state index contributed by atoms with van der Waals surface area (Å²) in [6, 6.07) is 17.1. The van der Waals surface area contributed by atoms with Crippen molar-refractivity contribution >= 4 is 29.4 Å². The van der Waals surface area contributed by atoms with E-state index in [4.69, 9.17) is 18.6 Å². The van der Waals surface area contributed by atoms with Gasteiger partial charge in [-0.15, -0.1) is 0 Å². The third-order valence-electron chi connectivity index (χ3n) is 6.82. The van der Waals surface area contributed by atoms with Crippen molar-refractivity contribution in [2.24, 2.45) is 4.99 Å². The van der Waals surface area contributed by atoms with Crippen molar-refractivity contribution in [3.8, 4) is 17.1 Å². The molecule has 0 fully saturated rings. The largest absolute Gasteiger partial charge is 0.493 e. The van der Waals surface area contributed by atoms with E-state index in [-0.39, 0.29) is 23.8 Å². The quantitative estimate of drug-likeness (QED) is 0.220. The summed E-state index contributed by atoms with van der Waals surface area (Å²) in [7, 11) is 0. The van der Waals surface area contributed by atoms with E-state index in [2.05, 4.69) is 4.99 Å². The number of fused-ring (bicyclic) bond motifs is 1. The minimum absolute atomic E-state index is 0.184. The van der Waals surface area contributed by atoms with Crippen LogP contribution in [0.1, 0.15) is 68.8 Å². The Morgan fingerprint density at radius 3 is 2.61 bits per heavy atom. The van der Waals surface area contributed by atoms with E-state index >= 15 is 0 Å². The van der Waals surface area contributed by atoms with Crippen molar-refractivity contribution in [3.63, 3.8) is 0 Å². The molecule has 9 nitrogen and oxygen atoms in total. The summed E-state index contributed by atoms with van der Waals surface area (Å²) in [5, 5.41) is 0. The van der Waals surface area contributed by atoms with E-state index in [1.165, 1.54) is 15.9 Å². The third-order valence-corrected chi connectivity index (χ3v) is 7.80. The molecule has 2 aromatic heterocycles. The van der Waals surface area contributed by atoms with Gasteiger partial charge in [0.1, 0.15) is 23.3 Å². The van der Waals surface area contributed by atoms with E-state index < -0.39 is 18.0 Å². The van der Waals surface area contributed by atoms with Gasteiger partial charge in [-0.25, -0.2) is 14.6 Å². The third kappa shape index (κ3) is 6.30. The average Bonchev–Trinajstić information content (AvgIpc) is 3.59. The molecule has 10 heteroatoms. The summed E-state index contributed by atoms with van der Waals surface area (Å²) in [5.74, 6) is 0.617. The van der Waals surface area contributed by atoms with Gasteiger partial charge >= 0.3 is 11.9 Å². The zero-order chi connectivity index (χ0) is 31.4. The van der Waals surface area contributed by atoms with E-state index in [1.54, 1.807) is 64.1 Å². The van der Waals surface area contributed by atoms with Crippen LogP contribution in [0.25, 0.3) is 17.4 Å². The Hall–Kier alpha value is -4.70. The van der Waals surface area contributed by atoms with E-state index in [9.17, 15) is 14.4 Å². The summed E-state index contributed by atoms with van der Waals surface area (Å²) < 4.78 is 24.7. The van der Waals surface area contributed by atoms with E-state index in [1.807, 2.05) is 37.3 Å². The Morgan fingerprint density at radius 1 is 1.07 bits per heavy atom. The fourth-order valence-corrected chi connectivity index (χ4v) is 5.96. The number of para-hydroxylation sites is 1. The molecular formula is C34H34N2O7S. The maximum absolute atomic E-state index is 14.0. The zero-order valence-electron chi connectivity index (χ0n) is 25.3. The molecule has 4 aromatic rings. The molecule has 0 bridgehead atoms. The molecule has 0 unspecified atom stereocenters. The lowest BCUT2D eigenvalue weighted by atomic mass is 9.95. The first kappa shape index (κ1) is 30.7. The zero-order valence-corrected chi connectivity index (χ0v) is 26.1. The van der Waals surface area contributed by atoms with Crippen molar-refractivity contribution in [2.45, 2.75) is 53.2 Å². The molecule has 0 aliphatic carbocycles. The van der Waals surface area contributed by atoms with Gasteiger partial charge in [-0.1, -0.05) is 48.6 Å². The molecule has 0 radical (unpaired) electrons. The Balaban J connectivity index is 1.58. The summed E-state index contributed by atoms with van der Waals surface area (Å²) >= 11 is 1.21. The second-order valence-corrected chi connectivity index (χ2v) is 11.4. The highest BCUT2D eigenvalue weighted by atomic mass is 32.1. The molecule has 3 heterocycles. The summed E-state index contributed by atoms with van der Waals surface area (Å²) in [4.78, 5) is 44.8. The smallest absolute Gasteiger partial charge is 0.338 e. The number of hydrogen-bond acceptors (Lipinski definition) is 9. The second-order valence-electron chi connectivity index (χ2n) is 10.4. The van der Waals surface area contributed by atoms with E-state index in [0.717, 1.165) is 6.42 Å². The van der Waals surface area contributed by atoms with Crippen LogP contribution in [0.2, 0.25) is 0 Å². The molecule has 1 atom stereocenters. The summed E-state index contributed by atoms with van der Waals surface area (Å²) in [6.45, 7) is 9.76. The number of carbonyl (C=O) groups is 2. The fourth-order valence-electron chi connectivity index (χ4n) is 4.93. The monoisotopic (exact) mass is 614 g/mol. The molecular weight excluding hydrogens is 580 g/mol. The van der Waals surface area contributed by atoms with Gasteiger partial charge < -0.3 is 18.6 Å². The average molecular weight is 615 g/mol. The molecule has 44 heavy (non-hydrogen) atoms. The Bertz CT molecular complexity index is 1910. The van der Waals surface area contributed by atoms with Gasteiger partial charge in [0.15, 0.2) is 4.80 Å². The standard InChI is InChI=1S/C34H34N2O7S/c1-6-17-41-27-14-9-8-13-25(27)30-29(33(39)40-7-2)21(5)35-34-36(30)31(37)28(44-34)19-24-15-16-26(43-24)22-11-10-12-23(18-22)32(38)42-20(3)4/h8-16,18-20,30H,6-7,17H2,1-5H3/b28-19+/t30-/m0/s1. The Morgan fingerprint density at radius 2 is 1.86 bits per heavy atom. The number of allylic oxidation sites excluding steroid dienone is 1. The lowest BCUT2D eigenvalue weighted by molar-refractivity contribution is -0.139. The van der Waals surface area contributed by atoms with Gasteiger partial charge in [0, 0.05) is 17.2 Å². The van der Waals surface area contributed by atoms with Crippen LogP contribution in [0.5, 0.6) is 5.75 Å². The number of thiazole rings is 1. The molecule has 0 saturated heterocycles. The highest BCUT2D eigenvalue weighted by molar-refractivity contribution is 7.07. The van der Waals surface area contributed by atoms with E-state index in [0.29, 0.717) is 55.6 Å². The number of benzene rings is 2. The highest BCUT2D eigenvalue weighted by Gasteiger charge is 2.35. The van der Waals surface area contributed by atoms with Gasteiger partial charge in [0.2, 0.25) is 0 Å². The predicted molar refractivity (Wildman–Crippen MR) is 167 cm³/mol. The number of esters is 2. The summed E-state index contributed by atoms with van der Waals surface area (Å²) in [6.07, 6.45) is 2.22. The maximum atomic E-state index is 14.0. The number of aromatic nitrogens is 1. The molecule has 5 rings (SSSR count). The molecule has 2 aromatic carbocycles. The second kappa shape index (κ2) is 13.3. The number of hydrogen-bond donors (Lipinski definition) is 0. The SMILES string of the molecule is CCCOc1ccccc1[C@H]1C(C(=O)OCC)=C(C)N=c2s/c(=C/c3ccc(-c4cccc(C(=O)OC(C)C)c4)o3)c(=O)n21. The van der Waals surface area contributed by atoms with Crippen molar-refractivity contribution in [1.29, 1.82) is 0 Å². The highest BCUT2D eigenvalue weighted by Crippen LogP contribution is 2.36. The van der Waals surface area contributed by atoms with Crippen LogP contribution in [0.15, 0.2) is 86.1 Å². The van der Waals surface area contributed by atoms with Crippen LogP contribution in [0, 0.1) is 0 Å². The molecule has 0 N–H and O–H groups in total. The first-order valence-corrected chi connectivity index (χ1v) is 15.4. The number of rotatable bonds is 10. The first-order chi connectivity index (χ1) is 21.2. The molecule has 0 saturated carbocycles. The lowest BCUT2D eigenvalue weighted by Gasteiger charge is -2.26. The maximum Gasteiger partial charge on any atom is 0.338 e. The van der Waals surface area contributed by atoms with Gasteiger partial charge in [-0.2, -0.15) is 0 Å². The normalized spacial score (nSPS) is 14.8. The van der Waals surface area contributed by atoms with Gasteiger partial charge in [-0.05, 0) is 64.4 Å². The lowest BCUT2D eigenvalue weighted by Crippen LogP contribution is -2.40. The number of nitrogens with zero attached hydrogens (tertiary/aromatic N) is 2. The number of carbonyl (C=O) groups excluding carboxylic acids is 2. The van der Waals surface area contributed by atoms with Crippen molar-refractivity contribution in [1.82, 2.24) is 4.57 Å². The Kier molecular flexibility index (Phi) is 9.29. The Labute approximate surface area is 258 Å². The first-order valence-electron chi connectivity index (χ1n) is 14.5. The van der Waals surface area contributed by atoms with Gasteiger partial charge in [-0.3, -0.25) is 9.36 Å². The topological polar surface area (TPSA) is 109 Å². The molecule has 1 aliphatic heterocycles. The molecule has 0 spiro atoms. The summed E-state index contributed by atoms with van der Waals surface area (Å²) in [5.41, 5.74) is 2.22. The van der Waals surface area contributed by atoms with Gasteiger partial charge in [0.25, 0.3) is 5.56 Å². The predicted octanol–water partition coefficient (Wildman–Crippen LogP) is 5.41. The van der Waals surface area contributed by atoms with Crippen molar-refractivity contribution in [2.75, 3.05) is 13.2 Å². The molecule has 0 amide bonds. The van der Waals surface area contributed by atoms with Crippen LogP contribution in [-0.2, 0) is 14.3 Å². The van der Waals surface area contributed by atoms with Crippen LogP contribution in [-0.4, -0.2) is 35.8 Å². The van der Waals surface area contributed by atoms with Crippen LogP contribution >= 0.6 is 11.3 Å². The van der Waals surface area contributed by atoms with Gasteiger partial charge in [0.05, 0.1) is 40.7 Å². The number of furan rings is 1. The number of ether oxygens (including phenoxy) is 3. The van der Waals surface area contributed by atoms with Crippen LogP contribution < -0.4 is 19.6 Å².